The molecule has 1 aromatic heterocycles. The molecular weight excluding hydrogens is 258 g/mol. The van der Waals surface area contributed by atoms with Crippen LogP contribution in [0.15, 0.2) is 17.5 Å². The summed E-state index contributed by atoms with van der Waals surface area (Å²) in [5.74, 6) is 0. The molecule has 1 heterocycles. The van der Waals surface area contributed by atoms with E-state index in [0.717, 1.165) is 19.5 Å². The molecule has 1 rings (SSSR count). The lowest BCUT2D eigenvalue weighted by Gasteiger charge is -2.28. The van der Waals surface area contributed by atoms with E-state index in [-0.39, 0.29) is 6.29 Å². The molecular formula is C15H27NO2S. The molecule has 4 heteroatoms. The van der Waals surface area contributed by atoms with Crippen molar-refractivity contribution in [2.75, 3.05) is 19.8 Å². The third-order valence-electron chi connectivity index (χ3n) is 3.03. The molecule has 0 bridgehead atoms. The Kier molecular flexibility index (Phi) is 8.30. The maximum Gasteiger partial charge on any atom is 0.158 e. The number of rotatable bonds is 10. The predicted molar refractivity (Wildman–Crippen MR) is 81.5 cm³/mol. The number of ether oxygens (including phenoxy) is 2. The highest BCUT2D eigenvalue weighted by Gasteiger charge is 2.14. The summed E-state index contributed by atoms with van der Waals surface area (Å²) in [4.78, 5) is 3.88. The van der Waals surface area contributed by atoms with Crippen LogP contribution in [0.5, 0.6) is 0 Å². The minimum Gasteiger partial charge on any atom is -0.353 e. The molecule has 19 heavy (non-hydrogen) atoms. The predicted octanol–water partition coefficient (Wildman–Crippen LogP) is 3.75. The zero-order chi connectivity index (χ0) is 14.1. The monoisotopic (exact) mass is 285 g/mol. The lowest BCUT2D eigenvalue weighted by molar-refractivity contribution is -0.142. The topological polar surface area (TPSA) is 21.7 Å². The Bertz CT molecular complexity index is 308. The van der Waals surface area contributed by atoms with E-state index in [4.69, 9.17) is 9.47 Å². The highest BCUT2D eigenvalue weighted by Crippen LogP contribution is 2.15. The normalized spacial score (nSPS) is 11.9. The minimum atomic E-state index is -0.0698. The number of thiophene rings is 1. The van der Waals surface area contributed by atoms with Crippen LogP contribution in [0, 0.1) is 0 Å². The fraction of sp³-hybridized carbons (Fsp3) is 0.733. The summed E-state index contributed by atoms with van der Waals surface area (Å²) in [5, 5.41) is 2.14. The van der Waals surface area contributed by atoms with Crippen molar-refractivity contribution < 1.29 is 9.47 Å². The van der Waals surface area contributed by atoms with Gasteiger partial charge in [-0.15, -0.1) is 11.3 Å². The fourth-order valence-corrected chi connectivity index (χ4v) is 2.71. The second-order valence-electron chi connectivity index (χ2n) is 4.77. The SMILES string of the molecule is CCOC(CCN(Cc1cccs1)C(C)C)OCC. The zero-order valence-electron chi connectivity index (χ0n) is 12.6. The summed E-state index contributed by atoms with van der Waals surface area (Å²) in [5.41, 5.74) is 0. The first kappa shape index (κ1) is 16.6. The second kappa shape index (κ2) is 9.48. The fourth-order valence-electron chi connectivity index (χ4n) is 1.98. The zero-order valence-corrected chi connectivity index (χ0v) is 13.4. The van der Waals surface area contributed by atoms with Gasteiger partial charge in [-0.3, -0.25) is 4.90 Å². The molecule has 0 radical (unpaired) electrons. The van der Waals surface area contributed by atoms with Gasteiger partial charge in [-0.25, -0.2) is 0 Å². The Labute approximate surface area is 121 Å². The second-order valence-corrected chi connectivity index (χ2v) is 5.80. The quantitative estimate of drug-likeness (QED) is 0.611. The van der Waals surface area contributed by atoms with Crippen LogP contribution in [0.1, 0.15) is 39.0 Å². The molecule has 0 aliphatic carbocycles. The van der Waals surface area contributed by atoms with Gasteiger partial charge in [-0.05, 0) is 39.1 Å². The van der Waals surface area contributed by atoms with Gasteiger partial charge in [0.1, 0.15) is 0 Å². The van der Waals surface area contributed by atoms with E-state index < -0.39 is 0 Å². The molecule has 0 aliphatic rings. The smallest absolute Gasteiger partial charge is 0.158 e. The van der Waals surface area contributed by atoms with Gasteiger partial charge >= 0.3 is 0 Å². The average Bonchev–Trinajstić information content (AvgIpc) is 2.87. The van der Waals surface area contributed by atoms with Crippen LogP contribution in [-0.2, 0) is 16.0 Å². The van der Waals surface area contributed by atoms with Gasteiger partial charge in [0.2, 0.25) is 0 Å². The van der Waals surface area contributed by atoms with Crippen molar-refractivity contribution in [3.8, 4) is 0 Å². The van der Waals surface area contributed by atoms with Crippen molar-refractivity contribution in [3.05, 3.63) is 22.4 Å². The van der Waals surface area contributed by atoms with Crippen molar-refractivity contribution in [1.82, 2.24) is 4.90 Å². The third-order valence-corrected chi connectivity index (χ3v) is 3.89. The maximum atomic E-state index is 5.60. The summed E-state index contributed by atoms with van der Waals surface area (Å²) < 4.78 is 11.2. The number of hydrogen-bond donors (Lipinski definition) is 0. The van der Waals surface area contributed by atoms with E-state index in [1.807, 2.05) is 25.2 Å². The molecule has 0 saturated carbocycles. The van der Waals surface area contributed by atoms with Gasteiger partial charge in [0, 0.05) is 43.6 Å². The third kappa shape index (κ3) is 6.52. The van der Waals surface area contributed by atoms with E-state index in [0.29, 0.717) is 19.3 Å². The van der Waals surface area contributed by atoms with Crippen molar-refractivity contribution >= 4 is 11.3 Å². The molecule has 0 spiro atoms. The van der Waals surface area contributed by atoms with E-state index in [9.17, 15) is 0 Å². The summed E-state index contributed by atoms with van der Waals surface area (Å²) in [6.45, 7) is 11.9. The Morgan fingerprint density at radius 3 is 2.37 bits per heavy atom. The van der Waals surface area contributed by atoms with Gasteiger partial charge in [-0.2, -0.15) is 0 Å². The lowest BCUT2D eigenvalue weighted by atomic mass is 10.2. The summed E-state index contributed by atoms with van der Waals surface area (Å²) in [6.07, 6.45) is 0.852. The molecule has 0 fully saturated rings. The van der Waals surface area contributed by atoms with Crippen LogP contribution in [0.3, 0.4) is 0 Å². The molecule has 0 atom stereocenters. The Balaban J connectivity index is 2.44. The molecule has 0 unspecified atom stereocenters. The first-order valence-corrected chi connectivity index (χ1v) is 8.04. The first-order valence-electron chi connectivity index (χ1n) is 7.17. The van der Waals surface area contributed by atoms with Crippen molar-refractivity contribution in [1.29, 1.82) is 0 Å². The summed E-state index contributed by atoms with van der Waals surface area (Å²) in [7, 11) is 0. The lowest BCUT2D eigenvalue weighted by Crippen LogP contribution is -2.34. The maximum absolute atomic E-state index is 5.60. The molecule has 1 aromatic rings. The van der Waals surface area contributed by atoms with Gasteiger partial charge < -0.3 is 9.47 Å². The van der Waals surface area contributed by atoms with E-state index in [2.05, 4.69) is 36.3 Å². The van der Waals surface area contributed by atoms with Crippen molar-refractivity contribution in [3.63, 3.8) is 0 Å². The van der Waals surface area contributed by atoms with Crippen LogP contribution in [0.2, 0.25) is 0 Å². The molecule has 0 aliphatic heterocycles. The van der Waals surface area contributed by atoms with Gasteiger partial charge in [0.25, 0.3) is 0 Å². The van der Waals surface area contributed by atoms with E-state index >= 15 is 0 Å². The largest absolute Gasteiger partial charge is 0.353 e. The minimum absolute atomic E-state index is 0.0698. The van der Waals surface area contributed by atoms with Crippen LogP contribution in [-0.4, -0.2) is 37.0 Å². The van der Waals surface area contributed by atoms with Crippen molar-refractivity contribution in [2.24, 2.45) is 0 Å². The summed E-state index contributed by atoms with van der Waals surface area (Å²) >= 11 is 1.82. The van der Waals surface area contributed by atoms with Crippen LogP contribution < -0.4 is 0 Å². The first-order chi connectivity index (χ1) is 9.17. The highest BCUT2D eigenvalue weighted by atomic mass is 32.1. The van der Waals surface area contributed by atoms with Gasteiger partial charge in [0.05, 0.1) is 0 Å². The molecule has 0 saturated heterocycles. The molecule has 0 N–H and O–H groups in total. The average molecular weight is 285 g/mol. The molecule has 0 amide bonds. The molecule has 3 nitrogen and oxygen atoms in total. The van der Waals surface area contributed by atoms with Crippen LogP contribution in [0.25, 0.3) is 0 Å². The Hall–Kier alpha value is -0.420. The molecule has 0 aromatic carbocycles. The van der Waals surface area contributed by atoms with E-state index in [1.165, 1.54) is 4.88 Å². The van der Waals surface area contributed by atoms with Crippen LogP contribution >= 0.6 is 11.3 Å². The van der Waals surface area contributed by atoms with E-state index in [1.54, 1.807) is 0 Å². The van der Waals surface area contributed by atoms with Crippen LogP contribution in [0.4, 0.5) is 0 Å². The Morgan fingerprint density at radius 2 is 1.89 bits per heavy atom. The number of hydrogen-bond acceptors (Lipinski definition) is 4. The standard InChI is InChI=1S/C15H27NO2S/c1-5-17-15(18-6-2)9-10-16(13(3)4)12-14-8-7-11-19-14/h7-8,11,13,15H,5-6,9-10,12H2,1-4H3. The molecule has 110 valence electrons. The van der Waals surface area contributed by atoms with Gasteiger partial charge in [0.15, 0.2) is 6.29 Å². The van der Waals surface area contributed by atoms with Gasteiger partial charge in [-0.1, -0.05) is 6.07 Å². The highest BCUT2D eigenvalue weighted by molar-refractivity contribution is 7.09. The summed E-state index contributed by atoms with van der Waals surface area (Å²) in [6, 6.07) is 4.84. The Morgan fingerprint density at radius 1 is 1.21 bits per heavy atom. The van der Waals surface area contributed by atoms with Crippen molar-refractivity contribution in [2.45, 2.75) is 53.0 Å². The number of nitrogens with zero attached hydrogens (tertiary/aromatic N) is 1.